The van der Waals surface area contributed by atoms with Crippen LogP contribution in [0.25, 0.3) is 0 Å². The molecule has 10 heavy (non-hydrogen) atoms. The fourth-order valence-corrected chi connectivity index (χ4v) is 0.811. The van der Waals surface area contributed by atoms with E-state index in [9.17, 15) is 0 Å². The van der Waals surface area contributed by atoms with E-state index in [0.717, 1.165) is 31.4 Å². The van der Waals surface area contributed by atoms with Crippen LogP contribution in [0.1, 0.15) is 32.6 Å². The number of nitrogens with two attached hydrogens (primary N) is 1. The van der Waals surface area contributed by atoms with Crippen molar-refractivity contribution in [3.05, 3.63) is 12.7 Å². The number of hydrogen-bond acceptors (Lipinski definition) is 2. The second kappa shape index (κ2) is 6.33. The van der Waals surface area contributed by atoms with E-state index in [-0.39, 0.29) is 0 Å². The van der Waals surface area contributed by atoms with Crippen molar-refractivity contribution in [2.24, 2.45) is 10.9 Å². The molecule has 0 unspecified atom stereocenters. The average molecular weight is 140 g/mol. The summed E-state index contributed by atoms with van der Waals surface area (Å²) in [5, 5.41) is 3.68. The van der Waals surface area contributed by atoms with E-state index >= 15 is 0 Å². The lowest BCUT2D eigenvalue weighted by molar-refractivity contribution is 0.932. The first-order valence-corrected chi connectivity index (χ1v) is 3.71. The van der Waals surface area contributed by atoms with E-state index in [4.69, 9.17) is 5.84 Å². The second-order valence-corrected chi connectivity index (χ2v) is 2.27. The van der Waals surface area contributed by atoms with Gasteiger partial charge in [0.2, 0.25) is 0 Å². The van der Waals surface area contributed by atoms with Crippen LogP contribution >= 0.6 is 0 Å². The van der Waals surface area contributed by atoms with Crippen LogP contribution in [0.2, 0.25) is 0 Å². The first kappa shape index (κ1) is 9.21. The van der Waals surface area contributed by atoms with Gasteiger partial charge in [0.05, 0.1) is 0 Å². The topological polar surface area (TPSA) is 38.4 Å². The van der Waals surface area contributed by atoms with Gasteiger partial charge < -0.3 is 5.84 Å². The zero-order valence-corrected chi connectivity index (χ0v) is 6.64. The molecule has 0 heterocycles. The predicted molar refractivity (Wildman–Crippen MR) is 46.0 cm³/mol. The molecule has 0 saturated carbocycles. The Bertz CT molecular complexity index is 116. The van der Waals surface area contributed by atoms with Gasteiger partial charge in [-0.05, 0) is 19.3 Å². The summed E-state index contributed by atoms with van der Waals surface area (Å²) in [6.07, 6.45) is 5.97. The molecule has 0 aliphatic heterocycles. The van der Waals surface area contributed by atoms with Crippen LogP contribution in [0.3, 0.4) is 0 Å². The van der Waals surface area contributed by atoms with E-state index in [1.807, 2.05) is 6.08 Å². The van der Waals surface area contributed by atoms with Gasteiger partial charge in [-0.2, -0.15) is 5.10 Å². The summed E-state index contributed by atoms with van der Waals surface area (Å²) < 4.78 is 0. The molecule has 58 valence electrons. The van der Waals surface area contributed by atoms with Gasteiger partial charge in [-0.1, -0.05) is 19.4 Å². The lowest BCUT2D eigenvalue weighted by atomic mass is 10.1. The molecule has 0 aromatic heterocycles. The van der Waals surface area contributed by atoms with Gasteiger partial charge >= 0.3 is 0 Å². The Balaban J connectivity index is 3.51. The Morgan fingerprint density at radius 2 is 2.30 bits per heavy atom. The molecule has 2 heteroatoms. The minimum Gasteiger partial charge on any atom is -0.323 e. The fourth-order valence-electron chi connectivity index (χ4n) is 0.811. The SMILES string of the molecule is C=CCC/C(CCC)=N\N. The van der Waals surface area contributed by atoms with Crippen LogP contribution in [0.15, 0.2) is 17.8 Å². The summed E-state index contributed by atoms with van der Waals surface area (Å²) in [5.41, 5.74) is 1.10. The lowest BCUT2D eigenvalue weighted by Gasteiger charge is -1.98. The largest absolute Gasteiger partial charge is 0.323 e. The lowest BCUT2D eigenvalue weighted by Crippen LogP contribution is -2.00. The maximum atomic E-state index is 5.15. The molecule has 2 N–H and O–H groups in total. The maximum Gasteiger partial charge on any atom is 0.0378 e. The van der Waals surface area contributed by atoms with Gasteiger partial charge in [0.25, 0.3) is 0 Å². The molecule has 0 amide bonds. The molecule has 0 spiro atoms. The van der Waals surface area contributed by atoms with Gasteiger partial charge in [0.1, 0.15) is 0 Å². The van der Waals surface area contributed by atoms with Gasteiger partial charge in [-0.3, -0.25) is 0 Å². The highest BCUT2D eigenvalue weighted by atomic mass is 15.1. The first-order valence-electron chi connectivity index (χ1n) is 3.71. The third-order valence-electron chi connectivity index (χ3n) is 1.36. The minimum atomic E-state index is 0.966. The summed E-state index contributed by atoms with van der Waals surface area (Å²) in [4.78, 5) is 0. The standard InChI is InChI=1S/C8H16N2/c1-3-5-7-8(10-9)6-4-2/h3H,1,4-7,9H2,2H3/b10-8-. The van der Waals surface area contributed by atoms with Crippen molar-refractivity contribution in [3.63, 3.8) is 0 Å². The molecule has 0 saturated heterocycles. The van der Waals surface area contributed by atoms with Crippen molar-refractivity contribution < 1.29 is 0 Å². The highest BCUT2D eigenvalue weighted by Crippen LogP contribution is 1.99. The fraction of sp³-hybridized carbons (Fsp3) is 0.625. The van der Waals surface area contributed by atoms with Gasteiger partial charge in [0.15, 0.2) is 0 Å². The number of rotatable bonds is 5. The normalized spacial score (nSPS) is 11.5. The van der Waals surface area contributed by atoms with Crippen molar-refractivity contribution in [1.82, 2.24) is 0 Å². The molecule has 0 atom stereocenters. The van der Waals surface area contributed by atoms with Crippen molar-refractivity contribution >= 4 is 5.71 Å². The number of hydrogen-bond donors (Lipinski definition) is 1. The van der Waals surface area contributed by atoms with Crippen LogP contribution < -0.4 is 5.84 Å². The molecule has 0 radical (unpaired) electrons. The van der Waals surface area contributed by atoms with Crippen LogP contribution in [0.4, 0.5) is 0 Å². The highest BCUT2D eigenvalue weighted by molar-refractivity contribution is 5.84. The van der Waals surface area contributed by atoms with E-state index in [1.54, 1.807) is 0 Å². The Hall–Kier alpha value is -0.790. The Labute approximate surface area is 62.8 Å². The minimum absolute atomic E-state index is 0.966. The second-order valence-electron chi connectivity index (χ2n) is 2.27. The van der Waals surface area contributed by atoms with Crippen LogP contribution in [0, 0.1) is 0 Å². The molecular formula is C8H16N2. The van der Waals surface area contributed by atoms with Crippen molar-refractivity contribution in [1.29, 1.82) is 0 Å². The third-order valence-corrected chi connectivity index (χ3v) is 1.36. The quantitative estimate of drug-likeness (QED) is 0.270. The van der Waals surface area contributed by atoms with Crippen molar-refractivity contribution in [3.8, 4) is 0 Å². The van der Waals surface area contributed by atoms with E-state index in [0.29, 0.717) is 0 Å². The summed E-state index contributed by atoms with van der Waals surface area (Å²) in [6, 6.07) is 0. The number of nitrogens with zero attached hydrogens (tertiary/aromatic N) is 1. The zero-order chi connectivity index (χ0) is 7.82. The van der Waals surface area contributed by atoms with Crippen molar-refractivity contribution in [2.75, 3.05) is 0 Å². The highest BCUT2D eigenvalue weighted by Gasteiger charge is 1.94. The Kier molecular flexibility index (Phi) is 5.83. The molecule has 0 aliphatic carbocycles. The summed E-state index contributed by atoms with van der Waals surface area (Å²) in [7, 11) is 0. The monoisotopic (exact) mass is 140 g/mol. The zero-order valence-electron chi connectivity index (χ0n) is 6.64. The molecule has 0 bridgehead atoms. The van der Waals surface area contributed by atoms with Crippen LogP contribution in [-0.4, -0.2) is 5.71 Å². The van der Waals surface area contributed by atoms with E-state index in [1.165, 1.54) is 0 Å². The van der Waals surface area contributed by atoms with Gasteiger partial charge in [0, 0.05) is 5.71 Å². The van der Waals surface area contributed by atoms with Crippen LogP contribution in [-0.2, 0) is 0 Å². The number of hydrazone groups is 1. The number of allylic oxidation sites excluding steroid dienone is 1. The maximum absolute atomic E-state index is 5.15. The molecular weight excluding hydrogens is 124 g/mol. The molecule has 0 aliphatic rings. The Morgan fingerprint density at radius 3 is 2.70 bits per heavy atom. The summed E-state index contributed by atoms with van der Waals surface area (Å²) >= 11 is 0. The Morgan fingerprint density at radius 1 is 1.60 bits per heavy atom. The smallest absolute Gasteiger partial charge is 0.0378 e. The summed E-state index contributed by atoms with van der Waals surface area (Å²) in [6.45, 7) is 5.76. The van der Waals surface area contributed by atoms with E-state index < -0.39 is 0 Å². The molecule has 2 nitrogen and oxygen atoms in total. The molecule has 0 aromatic rings. The van der Waals surface area contributed by atoms with Gasteiger partial charge in [-0.25, -0.2) is 0 Å². The van der Waals surface area contributed by atoms with Crippen molar-refractivity contribution in [2.45, 2.75) is 32.6 Å². The molecule has 0 fully saturated rings. The van der Waals surface area contributed by atoms with Gasteiger partial charge in [-0.15, -0.1) is 6.58 Å². The first-order chi connectivity index (χ1) is 4.85. The third kappa shape index (κ3) is 4.13. The predicted octanol–water partition coefficient (Wildman–Crippen LogP) is 2.07. The summed E-state index contributed by atoms with van der Waals surface area (Å²) in [5.74, 6) is 5.15. The average Bonchev–Trinajstić information content (AvgIpc) is 1.98. The molecule has 0 rings (SSSR count). The van der Waals surface area contributed by atoms with Crippen LogP contribution in [0.5, 0.6) is 0 Å². The molecule has 0 aromatic carbocycles. The van der Waals surface area contributed by atoms with E-state index in [2.05, 4.69) is 18.6 Å².